The van der Waals surface area contributed by atoms with Gasteiger partial charge in [0.25, 0.3) is 0 Å². The largest absolute Gasteiger partial charge is 0.444 e. The Bertz CT molecular complexity index is 634. The Labute approximate surface area is 150 Å². The fourth-order valence-corrected chi connectivity index (χ4v) is 2.99. The molecule has 0 heterocycles. The maximum absolute atomic E-state index is 12.3. The van der Waals surface area contributed by atoms with Gasteiger partial charge in [-0.15, -0.1) is 0 Å². The molecule has 138 valence electrons. The molecule has 0 bridgehead atoms. The molecule has 0 radical (unpaired) electrons. The molecule has 5 heteroatoms. The van der Waals surface area contributed by atoms with Crippen molar-refractivity contribution in [1.82, 2.24) is 10.6 Å². The molecule has 5 nitrogen and oxygen atoms in total. The van der Waals surface area contributed by atoms with E-state index >= 15 is 0 Å². The Kier molecular flexibility index (Phi) is 6.09. The molecule has 1 aromatic rings. The summed E-state index contributed by atoms with van der Waals surface area (Å²) in [6.07, 6.45) is 4.16. The SMILES string of the molecule is CC(NC(=O)[C@@H](C)NC(=O)OC(C)(C)C)c1ccc2c(c1)CCCC2. The third-order valence-corrected chi connectivity index (χ3v) is 4.36. The molecule has 2 atom stereocenters. The lowest BCUT2D eigenvalue weighted by atomic mass is 9.89. The number of alkyl carbamates (subject to hydrolysis) is 1. The Morgan fingerprint density at radius 2 is 1.68 bits per heavy atom. The molecular formula is C20H30N2O3. The van der Waals surface area contributed by atoms with Gasteiger partial charge < -0.3 is 15.4 Å². The maximum Gasteiger partial charge on any atom is 0.408 e. The Morgan fingerprint density at radius 3 is 2.32 bits per heavy atom. The number of rotatable bonds is 4. The molecule has 25 heavy (non-hydrogen) atoms. The third kappa shape index (κ3) is 5.76. The highest BCUT2D eigenvalue weighted by atomic mass is 16.6. The van der Waals surface area contributed by atoms with Gasteiger partial charge >= 0.3 is 6.09 Å². The summed E-state index contributed by atoms with van der Waals surface area (Å²) in [5.74, 6) is -0.226. The first kappa shape index (κ1) is 19.3. The summed E-state index contributed by atoms with van der Waals surface area (Å²) >= 11 is 0. The van der Waals surface area contributed by atoms with E-state index in [1.165, 1.54) is 24.0 Å². The summed E-state index contributed by atoms with van der Waals surface area (Å²) in [7, 11) is 0. The highest BCUT2D eigenvalue weighted by Crippen LogP contribution is 2.24. The van der Waals surface area contributed by atoms with E-state index in [-0.39, 0.29) is 11.9 Å². The number of aryl methyl sites for hydroxylation is 2. The van der Waals surface area contributed by atoms with Crippen molar-refractivity contribution in [1.29, 1.82) is 0 Å². The monoisotopic (exact) mass is 346 g/mol. The first-order chi connectivity index (χ1) is 11.7. The van der Waals surface area contributed by atoms with Crippen molar-refractivity contribution in [2.45, 2.75) is 78.0 Å². The lowest BCUT2D eigenvalue weighted by Gasteiger charge is -2.23. The van der Waals surface area contributed by atoms with Crippen LogP contribution in [-0.2, 0) is 22.4 Å². The van der Waals surface area contributed by atoms with Crippen molar-refractivity contribution in [3.63, 3.8) is 0 Å². The van der Waals surface area contributed by atoms with Crippen molar-refractivity contribution >= 4 is 12.0 Å². The number of nitrogens with one attached hydrogen (secondary N) is 2. The van der Waals surface area contributed by atoms with E-state index in [1.807, 2.05) is 6.92 Å². The van der Waals surface area contributed by atoms with E-state index in [9.17, 15) is 9.59 Å². The van der Waals surface area contributed by atoms with Crippen molar-refractivity contribution in [3.8, 4) is 0 Å². The fourth-order valence-electron chi connectivity index (χ4n) is 2.99. The summed E-state index contributed by atoms with van der Waals surface area (Å²) in [5, 5.41) is 5.53. The molecule has 0 aromatic heterocycles. The highest BCUT2D eigenvalue weighted by molar-refractivity contribution is 5.85. The summed E-state index contributed by atoms with van der Waals surface area (Å²) in [6, 6.07) is 5.69. The second kappa shape index (κ2) is 7.89. The van der Waals surface area contributed by atoms with Crippen LogP contribution in [0.3, 0.4) is 0 Å². The van der Waals surface area contributed by atoms with Gasteiger partial charge in [-0.1, -0.05) is 18.2 Å². The summed E-state index contributed by atoms with van der Waals surface area (Å²) < 4.78 is 5.18. The fraction of sp³-hybridized carbons (Fsp3) is 0.600. The summed E-state index contributed by atoms with van der Waals surface area (Å²) in [4.78, 5) is 24.1. The number of carbonyl (C=O) groups excluding carboxylic acids is 2. The molecule has 2 N–H and O–H groups in total. The topological polar surface area (TPSA) is 67.4 Å². The normalized spacial score (nSPS) is 16.4. The lowest BCUT2D eigenvalue weighted by molar-refractivity contribution is -0.123. The van der Waals surface area contributed by atoms with Crippen LogP contribution in [-0.4, -0.2) is 23.6 Å². The number of carbonyl (C=O) groups is 2. The molecule has 0 saturated carbocycles. The molecule has 2 rings (SSSR count). The quantitative estimate of drug-likeness (QED) is 0.874. The average molecular weight is 346 g/mol. The first-order valence-electron chi connectivity index (χ1n) is 9.07. The maximum atomic E-state index is 12.3. The minimum absolute atomic E-state index is 0.109. The van der Waals surface area contributed by atoms with Gasteiger partial charge in [0.2, 0.25) is 5.91 Å². The number of ether oxygens (including phenoxy) is 1. The van der Waals surface area contributed by atoms with Gasteiger partial charge in [0, 0.05) is 0 Å². The number of fused-ring (bicyclic) bond motifs is 1. The summed E-state index contributed by atoms with van der Waals surface area (Å²) in [5.41, 5.74) is 3.33. The van der Waals surface area contributed by atoms with E-state index in [4.69, 9.17) is 4.74 Å². The second-order valence-electron chi connectivity index (χ2n) is 7.83. The average Bonchev–Trinajstić information content (AvgIpc) is 2.52. The van der Waals surface area contributed by atoms with Crippen LogP contribution in [0.15, 0.2) is 18.2 Å². The van der Waals surface area contributed by atoms with Crippen LogP contribution in [0.5, 0.6) is 0 Å². The van der Waals surface area contributed by atoms with E-state index < -0.39 is 17.7 Å². The van der Waals surface area contributed by atoms with Gasteiger partial charge in [-0.3, -0.25) is 4.79 Å². The van der Waals surface area contributed by atoms with E-state index in [1.54, 1.807) is 27.7 Å². The van der Waals surface area contributed by atoms with Gasteiger partial charge in [0.05, 0.1) is 6.04 Å². The van der Waals surface area contributed by atoms with Crippen LogP contribution in [0.4, 0.5) is 4.79 Å². The van der Waals surface area contributed by atoms with Crippen LogP contribution in [0, 0.1) is 0 Å². The molecule has 1 aromatic carbocycles. The van der Waals surface area contributed by atoms with E-state index in [0.29, 0.717) is 0 Å². The predicted octanol–water partition coefficient (Wildman–Crippen LogP) is 3.66. The molecular weight excluding hydrogens is 316 g/mol. The Balaban J connectivity index is 1.92. The molecule has 1 unspecified atom stereocenters. The van der Waals surface area contributed by atoms with Crippen LogP contribution in [0.2, 0.25) is 0 Å². The number of hydrogen-bond donors (Lipinski definition) is 2. The minimum Gasteiger partial charge on any atom is -0.444 e. The van der Waals surface area contributed by atoms with Gasteiger partial charge in [0.1, 0.15) is 11.6 Å². The van der Waals surface area contributed by atoms with Crippen molar-refractivity contribution in [3.05, 3.63) is 34.9 Å². The second-order valence-corrected chi connectivity index (χ2v) is 7.83. The van der Waals surface area contributed by atoms with Crippen molar-refractivity contribution in [2.24, 2.45) is 0 Å². The molecule has 0 aliphatic heterocycles. The van der Waals surface area contributed by atoms with Crippen LogP contribution < -0.4 is 10.6 Å². The number of amides is 2. The zero-order valence-electron chi connectivity index (χ0n) is 15.9. The Morgan fingerprint density at radius 1 is 1.04 bits per heavy atom. The molecule has 0 fully saturated rings. The van der Waals surface area contributed by atoms with E-state index in [0.717, 1.165) is 18.4 Å². The lowest BCUT2D eigenvalue weighted by Crippen LogP contribution is -2.47. The first-order valence-corrected chi connectivity index (χ1v) is 9.07. The smallest absolute Gasteiger partial charge is 0.408 e. The van der Waals surface area contributed by atoms with Crippen LogP contribution in [0.25, 0.3) is 0 Å². The van der Waals surface area contributed by atoms with Crippen LogP contribution in [0.1, 0.15) is 70.2 Å². The van der Waals surface area contributed by atoms with Gasteiger partial charge in [0.15, 0.2) is 0 Å². The zero-order chi connectivity index (χ0) is 18.6. The molecule has 1 aliphatic rings. The van der Waals surface area contributed by atoms with Gasteiger partial charge in [-0.25, -0.2) is 4.79 Å². The van der Waals surface area contributed by atoms with Crippen molar-refractivity contribution < 1.29 is 14.3 Å². The van der Waals surface area contributed by atoms with Gasteiger partial charge in [-0.05, 0) is 77.0 Å². The van der Waals surface area contributed by atoms with E-state index in [2.05, 4.69) is 28.8 Å². The Hall–Kier alpha value is -2.04. The molecule has 2 amide bonds. The minimum atomic E-state index is -0.657. The number of benzene rings is 1. The van der Waals surface area contributed by atoms with Crippen LogP contribution >= 0.6 is 0 Å². The third-order valence-electron chi connectivity index (χ3n) is 4.36. The number of hydrogen-bond acceptors (Lipinski definition) is 3. The molecule has 1 aliphatic carbocycles. The molecule has 0 saturated heterocycles. The summed E-state index contributed by atoms with van der Waals surface area (Å²) in [6.45, 7) is 8.97. The standard InChI is InChI=1S/C20H30N2O3/c1-13(16-11-10-15-8-6-7-9-17(15)12-16)21-18(23)14(2)22-19(24)25-20(3,4)5/h10-14H,6-9H2,1-5H3,(H,21,23)(H,22,24)/t13?,14-/m1/s1. The zero-order valence-corrected chi connectivity index (χ0v) is 15.9. The molecule has 0 spiro atoms. The predicted molar refractivity (Wildman–Crippen MR) is 98.5 cm³/mol. The van der Waals surface area contributed by atoms with Gasteiger partial charge in [-0.2, -0.15) is 0 Å². The highest BCUT2D eigenvalue weighted by Gasteiger charge is 2.22. The van der Waals surface area contributed by atoms with Crippen molar-refractivity contribution in [2.75, 3.05) is 0 Å².